The van der Waals surface area contributed by atoms with Gasteiger partial charge in [-0.2, -0.15) is 0 Å². The average molecular weight is 463 g/mol. The minimum Gasteiger partial charge on any atom is -0.324 e. The van der Waals surface area contributed by atoms with Crippen LogP contribution in [0.2, 0.25) is 0 Å². The second kappa shape index (κ2) is 8.84. The van der Waals surface area contributed by atoms with E-state index in [1.807, 2.05) is 85.8 Å². The van der Waals surface area contributed by atoms with Crippen molar-refractivity contribution in [3.05, 3.63) is 100 Å². The molecular formula is C25H23BrN2O2. The van der Waals surface area contributed by atoms with Gasteiger partial charge in [-0.25, -0.2) is 0 Å². The zero-order valence-corrected chi connectivity index (χ0v) is 18.3. The Bertz CT molecular complexity index is 1050. The van der Waals surface area contributed by atoms with Crippen LogP contribution in [0.4, 0.5) is 5.69 Å². The van der Waals surface area contributed by atoms with E-state index in [1.165, 1.54) is 0 Å². The van der Waals surface area contributed by atoms with E-state index in [4.69, 9.17) is 0 Å². The van der Waals surface area contributed by atoms with Gasteiger partial charge in [0.05, 0.1) is 12.0 Å². The van der Waals surface area contributed by atoms with Crippen LogP contribution in [0.1, 0.15) is 42.0 Å². The van der Waals surface area contributed by atoms with Gasteiger partial charge in [0.1, 0.15) is 6.54 Å². The van der Waals surface area contributed by atoms with E-state index in [1.54, 1.807) is 4.90 Å². The van der Waals surface area contributed by atoms with E-state index in [-0.39, 0.29) is 30.3 Å². The molecule has 0 unspecified atom stereocenters. The summed E-state index contributed by atoms with van der Waals surface area (Å²) in [6.45, 7) is 2.02. The highest BCUT2D eigenvalue weighted by atomic mass is 79.9. The summed E-state index contributed by atoms with van der Waals surface area (Å²) in [5.41, 5.74) is 3.58. The molecule has 4 rings (SSSR count). The Hall–Kier alpha value is -2.92. The first-order chi connectivity index (χ1) is 14.6. The molecule has 152 valence electrons. The lowest BCUT2D eigenvalue weighted by Gasteiger charge is -2.33. The number of hydrogen-bond acceptors (Lipinski definition) is 2. The van der Waals surface area contributed by atoms with Crippen LogP contribution in [0, 0.1) is 0 Å². The SMILES string of the molecule is CC[C@@H](C(=O)N1CC(=O)Nc2ccc(Br)cc2[C@@H]1c1ccccc1)c1ccccc1. The molecule has 0 aliphatic carbocycles. The zero-order valence-electron chi connectivity index (χ0n) is 16.7. The van der Waals surface area contributed by atoms with Crippen LogP contribution in [0.3, 0.4) is 0 Å². The molecule has 4 nitrogen and oxygen atoms in total. The Labute approximate surface area is 185 Å². The van der Waals surface area contributed by atoms with Gasteiger partial charge in [-0.05, 0) is 35.7 Å². The number of carbonyl (C=O) groups is 2. The molecule has 2 atom stereocenters. The average Bonchev–Trinajstić information content (AvgIpc) is 2.91. The number of rotatable bonds is 4. The molecule has 3 aromatic carbocycles. The molecule has 0 bridgehead atoms. The van der Waals surface area contributed by atoms with Crippen LogP contribution < -0.4 is 5.32 Å². The summed E-state index contributed by atoms with van der Waals surface area (Å²) < 4.78 is 0.904. The highest BCUT2D eigenvalue weighted by Crippen LogP contribution is 2.39. The number of halogens is 1. The molecule has 5 heteroatoms. The number of nitrogens with zero attached hydrogens (tertiary/aromatic N) is 1. The molecule has 0 saturated heterocycles. The van der Waals surface area contributed by atoms with Crippen LogP contribution in [-0.4, -0.2) is 23.3 Å². The molecule has 0 fully saturated rings. The first-order valence-corrected chi connectivity index (χ1v) is 10.9. The predicted molar refractivity (Wildman–Crippen MR) is 122 cm³/mol. The second-order valence-electron chi connectivity index (χ2n) is 7.43. The zero-order chi connectivity index (χ0) is 21.1. The summed E-state index contributed by atoms with van der Waals surface area (Å²) in [7, 11) is 0. The van der Waals surface area contributed by atoms with Gasteiger partial charge in [-0.1, -0.05) is 83.5 Å². The molecule has 0 spiro atoms. The summed E-state index contributed by atoms with van der Waals surface area (Å²) in [6.07, 6.45) is 0.661. The second-order valence-corrected chi connectivity index (χ2v) is 8.35. The lowest BCUT2D eigenvalue weighted by Crippen LogP contribution is -2.41. The van der Waals surface area contributed by atoms with E-state index in [2.05, 4.69) is 21.2 Å². The van der Waals surface area contributed by atoms with Crippen LogP contribution >= 0.6 is 15.9 Å². The van der Waals surface area contributed by atoms with Gasteiger partial charge in [0, 0.05) is 15.7 Å². The maximum Gasteiger partial charge on any atom is 0.244 e. The van der Waals surface area contributed by atoms with Crippen molar-refractivity contribution in [3.63, 3.8) is 0 Å². The Morgan fingerprint density at radius 3 is 2.40 bits per heavy atom. The monoisotopic (exact) mass is 462 g/mol. The van der Waals surface area contributed by atoms with Crippen molar-refractivity contribution in [2.45, 2.75) is 25.3 Å². The summed E-state index contributed by atoms with van der Waals surface area (Å²) in [4.78, 5) is 28.3. The van der Waals surface area contributed by atoms with Gasteiger partial charge in [-0.3, -0.25) is 9.59 Å². The maximum atomic E-state index is 13.8. The largest absolute Gasteiger partial charge is 0.324 e. The van der Waals surface area contributed by atoms with Crippen molar-refractivity contribution >= 4 is 33.4 Å². The van der Waals surface area contributed by atoms with Gasteiger partial charge in [0.15, 0.2) is 0 Å². The van der Waals surface area contributed by atoms with Crippen molar-refractivity contribution in [3.8, 4) is 0 Å². The minimum absolute atomic E-state index is 0.00796. The Morgan fingerprint density at radius 1 is 1.07 bits per heavy atom. The summed E-state index contributed by atoms with van der Waals surface area (Å²) >= 11 is 3.55. The fraction of sp³-hybridized carbons (Fsp3) is 0.200. The Kier molecular flexibility index (Phi) is 6.00. The molecule has 30 heavy (non-hydrogen) atoms. The molecule has 1 aliphatic rings. The number of anilines is 1. The van der Waals surface area contributed by atoms with E-state index in [0.717, 1.165) is 26.9 Å². The van der Waals surface area contributed by atoms with Crippen LogP contribution in [0.15, 0.2) is 83.3 Å². The third-order valence-electron chi connectivity index (χ3n) is 5.51. The predicted octanol–water partition coefficient (Wildman–Crippen LogP) is 5.51. The van der Waals surface area contributed by atoms with Gasteiger partial charge in [0.25, 0.3) is 0 Å². The third kappa shape index (κ3) is 4.03. The van der Waals surface area contributed by atoms with Gasteiger partial charge < -0.3 is 10.2 Å². The summed E-state index contributed by atoms with van der Waals surface area (Å²) in [6, 6.07) is 25.1. The van der Waals surface area contributed by atoms with Crippen LogP contribution in [0.25, 0.3) is 0 Å². The van der Waals surface area contributed by atoms with Crippen molar-refractivity contribution in [2.24, 2.45) is 0 Å². The highest BCUT2D eigenvalue weighted by molar-refractivity contribution is 9.10. The third-order valence-corrected chi connectivity index (χ3v) is 6.01. The van der Waals surface area contributed by atoms with Gasteiger partial charge in [-0.15, -0.1) is 0 Å². The molecule has 1 heterocycles. The number of amides is 2. The number of fused-ring (bicyclic) bond motifs is 1. The molecule has 1 aliphatic heterocycles. The molecule has 3 aromatic rings. The van der Waals surface area contributed by atoms with E-state index in [9.17, 15) is 9.59 Å². The molecule has 0 saturated carbocycles. The fourth-order valence-corrected chi connectivity index (χ4v) is 4.49. The standard InChI is InChI=1S/C25H23BrN2O2/c1-2-20(17-9-5-3-6-10-17)25(30)28-16-23(29)27-22-14-13-19(26)15-21(22)24(28)18-11-7-4-8-12-18/h3-15,20,24H,2,16H2,1H3,(H,27,29)/t20-,24+/m1/s1. The van der Waals surface area contributed by atoms with Gasteiger partial charge in [0.2, 0.25) is 11.8 Å². The van der Waals surface area contributed by atoms with Crippen molar-refractivity contribution < 1.29 is 9.59 Å². The molecule has 0 radical (unpaired) electrons. The number of carbonyl (C=O) groups excluding carboxylic acids is 2. The van der Waals surface area contributed by atoms with Crippen molar-refractivity contribution in [1.82, 2.24) is 4.90 Å². The highest BCUT2D eigenvalue weighted by Gasteiger charge is 2.36. The van der Waals surface area contributed by atoms with E-state index in [0.29, 0.717) is 6.42 Å². The smallest absolute Gasteiger partial charge is 0.244 e. The van der Waals surface area contributed by atoms with Gasteiger partial charge >= 0.3 is 0 Å². The lowest BCUT2D eigenvalue weighted by atomic mass is 9.91. The van der Waals surface area contributed by atoms with E-state index < -0.39 is 0 Å². The molecule has 2 amide bonds. The fourth-order valence-electron chi connectivity index (χ4n) is 4.12. The first-order valence-electron chi connectivity index (χ1n) is 10.1. The lowest BCUT2D eigenvalue weighted by molar-refractivity contribution is -0.137. The van der Waals surface area contributed by atoms with Crippen molar-refractivity contribution in [2.75, 3.05) is 11.9 Å². The number of nitrogens with one attached hydrogen (secondary N) is 1. The topological polar surface area (TPSA) is 49.4 Å². The summed E-state index contributed by atoms with van der Waals surface area (Å²) in [5.74, 6) is -0.535. The normalized spacial score (nSPS) is 16.9. The Morgan fingerprint density at radius 2 is 1.73 bits per heavy atom. The first kappa shape index (κ1) is 20.4. The maximum absolute atomic E-state index is 13.8. The van der Waals surface area contributed by atoms with E-state index >= 15 is 0 Å². The van der Waals surface area contributed by atoms with Crippen LogP contribution in [0.5, 0.6) is 0 Å². The Balaban J connectivity index is 1.85. The minimum atomic E-state index is -0.358. The number of benzene rings is 3. The molecule has 0 aromatic heterocycles. The van der Waals surface area contributed by atoms with Crippen molar-refractivity contribution in [1.29, 1.82) is 0 Å². The molecule has 1 N–H and O–H groups in total. The van der Waals surface area contributed by atoms with Crippen LogP contribution in [-0.2, 0) is 9.59 Å². The summed E-state index contributed by atoms with van der Waals surface area (Å²) in [5, 5.41) is 2.98. The molecular weight excluding hydrogens is 440 g/mol. The quantitative estimate of drug-likeness (QED) is 0.555. The number of hydrogen-bond donors (Lipinski definition) is 1.